The number of H-pyrrole nitrogens is 1. The van der Waals surface area contributed by atoms with Crippen molar-refractivity contribution in [1.82, 2.24) is 14.5 Å². The number of hydrogen-bond acceptors (Lipinski definition) is 5. The second kappa shape index (κ2) is 7.74. The summed E-state index contributed by atoms with van der Waals surface area (Å²) in [7, 11) is 1.35. The van der Waals surface area contributed by atoms with Crippen LogP contribution in [-0.2, 0) is 0 Å². The molecule has 6 nitrogen and oxygen atoms in total. The van der Waals surface area contributed by atoms with Crippen LogP contribution in [-0.4, -0.2) is 21.6 Å². The molecule has 0 fully saturated rings. The Morgan fingerprint density at radius 1 is 1.12 bits per heavy atom. The van der Waals surface area contributed by atoms with Crippen molar-refractivity contribution < 1.29 is 9.13 Å². The molecule has 3 aromatic heterocycles. The van der Waals surface area contributed by atoms with Crippen LogP contribution in [0, 0.1) is 5.82 Å². The van der Waals surface area contributed by atoms with Crippen LogP contribution in [0.4, 0.5) is 4.39 Å². The summed E-state index contributed by atoms with van der Waals surface area (Å²) >= 11 is 13.7. The van der Waals surface area contributed by atoms with Gasteiger partial charge < -0.3 is 9.72 Å². The van der Waals surface area contributed by atoms with Crippen LogP contribution >= 0.6 is 34.5 Å². The Morgan fingerprint density at radius 2 is 1.94 bits per heavy atom. The van der Waals surface area contributed by atoms with Crippen molar-refractivity contribution in [3.8, 4) is 21.9 Å². The van der Waals surface area contributed by atoms with Gasteiger partial charge in [-0.1, -0.05) is 35.3 Å². The fourth-order valence-electron chi connectivity index (χ4n) is 3.57. The molecule has 0 saturated heterocycles. The molecule has 0 aliphatic heterocycles. The van der Waals surface area contributed by atoms with Gasteiger partial charge in [-0.05, 0) is 24.3 Å². The van der Waals surface area contributed by atoms with Crippen LogP contribution in [0.1, 0.15) is 0 Å². The van der Waals surface area contributed by atoms with Crippen molar-refractivity contribution in [3.63, 3.8) is 0 Å². The van der Waals surface area contributed by atoms with Crippen molar-refractivity contribution in [2.75, 3.05) is 7.11 Å². The van der Waals surface area contributed by atoms with Gasteiger partial charge in [-0.3, -0.25) is 9.78 Å². The molecule has 0 radical (unpaired) electrons. The SMILES string of the molecule is COc1cc(-c2cc3[nH]c(=O)n(-c4cncc5cccc(Cl)c45)c(=O)c3s2)c(Cl)cc1F. The first-order chi connectivity index (χ1) is 15.4. The molecule has 32 heavy (non-hydrogen) atoms. The van der Waals surface area contributed by atoms with E-state index in [4.69, 9.17) is 27.9 Å². The number of methoxy groups -OCH3 is 1. The summed E-state index contributed by atoms with van der Waals surface area (Å²) < 4.78 is 20.3. The predicted octanol–water partition coefficient (Wildman–Crippen LogP) is 5.41. The first kappa shape index (κ1) is 20.7. The van der Waals surface area contributed by atoms with Crippen LogP contribution in [0.2, 0.25) is 10.0 Å². The minimum atomic E-state index is -0.635. The van der Waals surface area contributed by atoms with E-state index in [1.807, 2.05) is 0 Å². The molecule has 5 aromatic rings. The number of halogens is 3. The van der Waals surface area contributed by atoms with Crippen LogP contribution in [0.25, 0.3) is 37.1 Å². The summed E-state index contributed by atoms with van der Waals surface area (Å²) in [6.45, 7) is 0. The molecule has 2 aromatic carbocycles. The van der Waals surface area contributed by atoms with E-state index < -0.39 is 17.1 Å². The molecule has 0 saturated carbocycles. The summed E-state index contributed by atoms with van der Waals surface area (Å²) in [5.41, 5.74) is -0.0661. The highest BCUT2D eigenvalue weighted by Gasteiger charge is 2.19. The number of fused-ring (bicyclic) bond motifs is 2. The van der Waals surface area contributed by atoms with E-state index in [0.29, 0.717) is 36.5 Å². The van der Waals surface area contributed by atoms with Gasteiger partial charge in [0.1, 0.15) is 4.70 Å². The maximum absolute atomic E-state index is 13.9. The third-order valence-corrected chi connectivity index (χ3v) is 6.82. The van der Waals surface area contributed by atoms with Gasteiger partial charge in [-0.15, -0.1) is 11.3 Å². The molecule has 0 bridgehead atoms. The van der Waals surface area contributed by atoms with Gasteiger partial charge in [0.05, 0.1) is 34.6 Å². The van der Waals surface area contributed by atoms with E-state index in [0.717, 1.165) is 22.0 Å². The topological polar surface area (TPSA) is 77.0 Å². The number of nitrogens with one attached hydrogen (secondary N) is 1. The maximum atomic E-state index is 13.9. The minimum absolute atomic E-state index is 0.0178. The summed E-state index contributed by atoms with van der Waals surface area (Å²) in [4.78, 5) is 33.7. The van der Waals surface area contributed by atoms with Crippen molar-refractivity contribution in [2.45, 2.75) is 0 Å². The number of ether oxygens (including phenoxy) is 1. The molecular weight excluding hydrogens is 476 g/mol. The fraction of sp³-hybridized carbons (Fsp3) is 0.0455. The Labute approximate surface area is 193 Å². The van der Waals surface area contributed by atoms with E-state index >= 15 is 0 Å². The standard InChI is InChI=1S/C22H12Cl2FN3O3S/c1-31-17-5-11(13(24)6-14(17)25)18-7-15-20(32-18)21(29)28(22(30)27-15)16-9-26-8-10-3-2-4-12(23)19(10)16/h2-9H,1H3,(H,27,30). The molecule has 0 atom stereocenters. The smallest absolute Gasteiger partial charge is 0.333 e. The number of benzene rings is 2. The van der Waals surface area contributed by atoms with Crippen molar-refractivity contribution in [2.24, 2.45) is 0 Å². The second-order valence-corrected chi connectivity index (χ2v) is 8.75. The molecule has 0 aliphatic rings. The Bertz CT molecular complexity index is 1650. The van der Waals surface area contributed by atoms with Gasteiger partial charge >= 0.3 is 5.69 Å². The van der Waals surface area contributed by atoms with E-state index in [1.54, 1.807) is 30.5 Å². The average molecular weight is 488 g/mol. The third-order valence-electron chi connectivity index (χ3n) is 5.03. The Hall–Kier alpha value is -3.20. The van der Waals surface area contributed by atoms with Crippen LogP contribution in [0.5, 0.6) is 5.75 Å². The lowest BCUT2D eigenvalue weighted by Crippen LogP contribution is -2.33. The molecule has 0 aliphatic carbocycles. The summed E-state index contributed by atoms with van der Waals surface area (Å²) in [6, 6.07) is 9.46. The molecule has 10 heteroatoms. The molecule has 5 rings (SSSR count). The third kappa shape index (κ3) is 3.19. The quantitative estimate of drug-likeness (QED) is 0.369. The van der Waals surface area contributed by atoms with Gasteiger partial charge in [0, 0.05) is 27.4 Å². The van der Waals surface area contributed by atoms with Gasteiger partial charge in [-0.2, -0.15) is 0 Å². The summed E-state index contributed by atoms with van der Waals surface area (Å²) in [5.74, 6) is -0.581. The number of aromatic amines is 1. The normalized spacial score (nSPS) is 11.4. The first-order valence-electron chi connectivity index (χ1n) is 9.24. The number of thiophene rings is 1. The van der Waals surface area contributed by atoms with Gasteiger partial charge in [0.25, 0.3) is 5.56 Å². The maximum Gasteiger partial charge on any atom is 0.333 e. The molecule has 0 unspecified atom stereocenters. The lowest BCUT2D eigenvalue weighted by Gasteiger charge is -2.09. The van der Waals surface area contributed by atoms with E-state index in [2.05, 4.69) is 9.97 Å². The van der Waals surface area contributed by atoms with E-state index in [-0.39, 0.29) is 16.5 Å². The molecule has 1 N–H and O–H groups in total. The average Bonchev–Trinajstić information content (AvgIpc) is 3.18. The zero-order chi connectivity index (χ0) is 22.6. The molecule has 160 valence electrons. The van der Waals surface area contributed by atoms with E-state index in [1.165, 1.54) is 19.4 Å². The number of nitrogens with zero attached hydrogens (tertiary/aromatic N) is 2. The van der Waals surface area contributed by atoms with Crippen molar-refractivity contribution in [3.05, 3.63) is 85.5 Å². The Morgan fingerprint density at radius 3 is 2.72 bits per heavy atom. The van der Waals surface area contributed by atoms with Crippen LogP contribution in [0.15, 0.2) is 58.4 Å². The number of aromatic nitrogens is 3. The lowest BCUT2D eigenvalue weighted by molar-refractivity contribution is 0.387. The highest BCUT2D eigenvalue weighted by atomic mass is 35.5. The van der Waals surface area contributed by atoms with Gasteiger partial charge in [0.2, 0.25) is 0 Å². The molecule has 0 spiro atoms. The van der Waals surface area contributed by atoms with Gasteiger partial charge in [0.15, 0.2) is 11.6 Å². The monoisotopic (exact) mass is 487 g/mol. The second-order valence-electron chi connectivity index (χ2n) is 6.89. The van der Waals surface area contributed by atoms with Crippen LogP contribution < -0.4 is 16.0 Å². The molecule has 3 heterocycles. The Balaban J connectivity index is 1.78. The lowest BCUT2D eigenvalue weighted by atomic mass is 10.1. The minimum Gasteiger partial charge on any atom is -0.494 e. The molecular formula is C22H12Cl2FN3O3S. The number of pyridine rings is 1. The fourth-order valence-corrected chi connectivity index (χ4v) is 5.24. The number of rotatable bonds is 3. The zero-order valence-corrected chi connectivity index (χ0v) is 18.6. The zero-order valence-electron chi connectivity index (χ0n) is 16.3. The van der Waals surface area contributed by atoms with E-state index in [9.17, 15) is 14.0 Å². The van der Waals surface area contributed by atoms with Crippen LogP contribution in [0.3, 0.4) is 0 Å². The predicted molar refractivity (Wildman–Crippen MR) is 125 cm³/mol. The van der Waals surface area contributed by atoms with Gasteiger partial charge in [-0.25, -0.2) is 13.8 Å². The largest absolute Gasteiger partial charge is 0.494 e. The highest BCUT2D eigenvalue weighted by Crippen LogP contribution is 2.38. The van der Waals surface area contributed by atoms with Crippen molar-refractivity contribution in [1.29, 1.82) is 0 Å². The molecule has 0 amide bonds. The Kier molecular flexibility index (Phi) is 5.00. The highest BCUT2D eigenvalue weighted by molar-refractivity contribution is 7.22. The summed E-state index contributed by atoms with van der Waals surface area (Å²) in [5, 5.41) is 1.78. The summed E-state index contributed by atoms with van der Waals surface area (Å²) in [6.07, 6.45) is 3.03. The number of hydrogen-bond donors (Lipinski definition) is 1. The van der Waals surface area contributed by atoms with Crippen molar-refractivity contribution >= 4 is 55.5 Å². The first-order valence-corrected chi connectivity index (χ1v) is 10.8.